The normalized spacial score (nSPS) is 40.5. The highest BCUT2D eigenvalue weighted by Crippen LogP contribution is 2.52. The van der Waals surface area contributed by atoms with Gasteiger partial charge in [0.25, 0.3) is 0 Å². The molecule has 0 nitrogen and oxygen atoms in total. The van der Waals surface area contributed by atoms with Crippen molar-refractivity contribution in [1.29, 1.82) is 0 Å². The summed E-state index contributed by atoms with van der Waals surface area (Å²) in [5.41, 5.74) is 0. The van der Waals surface area contributed by atoms with Crippen LogP contribution in [-0.4, -0.2) is 6.71 Å². The van der Waals surface area contributed by atoms with Gasteiger partial charge in [-0.2, -0.15) is 0 Å². The molecule has 1 aliphatic carbocycles. The molecule has 2 bridgehead atoms. The molecule has 82 valence electrons. The fourth-order valence-electron chi connectivity index (χ4n) is 4.66. The van der Waals surface area contributed by atoms with E-state index in [2.05, 4.69) is 12.2 Å². The number of hydrogen-bond donors (Lipinski definition) is 0. The van der Waals surface area contributed by atoms with E-state index < -0.39 is 0 Å². The Bertz CT molecular complexity index is 224. The zero-order valence-electron chi connectivity index (χ0n) is 9.83. The van der Waals surface area contributed by atoms with Gasteiger partial charge in [-0.3, -0.25) is 0 Å². The summed E-state index contributed by atoms with van der Waals surface area (Å²) in [5, 5.41) is 0. The zero-order chi connectivity index (χ0) is 10.1. The van der Waals surface area contributed by atoms with E-state index in [1.807, 2.05) is 0 Å². The van der Waals surface area contributed by atoms with Gasteiger partial charge in [0.15, 0.2) is 0 Å². The topological polar surface area (TPSA) is 0 Å². The van der Waals surface area contributed by atoms with Gasteiger partial charge in [0.1, 0.15) is 6.71 Å². The van der Waals surface area contributed by atoms with Gasteiger partial charge < -0.3 is 0 Å². The summed E-state index contributed by atoms with van der Waals surface area (Å²) in [6.07, 6.45) is 18.4. The minimum Gasteiger partial charge on any atom is -0.0889 e. The van der Waals surface area contributed by atoms with E-state index in [-0.39, 0.29) is 0 Å². The third-order valence-corrected chi connectivity index (χ3v) is 5.24. The van der Waals surface area contributed by atoms with Crippen molar-refractivity contribution in [2.75, 3.05) is 0 Å². The first-order chi connectivity index (χ1) is 7.45. The van der Waals surface area contributed by atoms with Crippen LogP contribution in [0.3, 0.4) is 0 Å². The summed E-state index contributed by atoms with van der Waals surface area (Å²) in [6.45, 7) is 1.12. The van der Waals surface area contributed by atoms with Gasteiger partial charge in [-0.05, 0) is 12.8 Å². The predicted octanol–water partition coefficient (Wildman–Crippen LogP) is 4.70. The molecule has 0 amide bonds. The molecule has 2 heterocycles. The summed E-state index contributed by atoms with van der Waals surface area (Å²) < 4.78 is 0. The van der Waals surface area contributed by atoms with Gasteiger partial charge in [-0.25, -0.2) is 0 Å². The number of fused-ring (bicyclic) bond motifs is 2. The molecule has 1 unspecified atom stereocenters. The first-order valence-corrected chi connectivity index (χ1v) is 7.10. The van der Waals surface area contributed by atoms with Crippen molar-refractivity contribution >= 4 is 6.71 Å². The summed E-state index contributed by atoms with van der Waals surface area (Å²) in [4.78, 5) is 0. The molecular formula is C14H23B. The second-order valence-electron chi connectivity index (χ2n) is 6.00. The van der Waals surface area contributed by atoms with Crippen LogP contribution in [0, 0.1) is 0 Å². The first kappa shape index (κ1) is 9.99. The van der Waals surface area contributed by atoms with Gasteiger partial charge in [0.05, 0.1) is 0 Å². The van der Waals surface area contributed by atoms with Crippen LogP contribution in [0.4, 0.5) is 0 Å². The second kappa shape index (κ2) is 4.35. The molecule has 0 aromatic carbocycles. The van der Waals surface area contributed by atoms with E-state index >= 15 is 0 Å². The van der Waals surface area contributed by atoms with Crippen LogP contribution in [0.25, 0.3) is 0 Å². The summed E-state index contributed by atoms with van der Waals surface area (Å²) >= 11 is 0. The first-order valence-electron chi connectivity index (χ1n) is 7.10. The van der Waals surface area contributed by atoms with Crippen molar-refractivity contribution < 1.29 is 0 Å². The molecule has 2 saturated heterocycles. The Kier molecular flexibility index (Phi) is 2.90. The third kappa shape index (κ3) is 1.90. The van der Waals surface area contributed by atoms with Crippen molar-refractivity contribution in [3.63, 3.8) is 0 Å². The van der Waals surface area contributed by atoms with Crippen molar-refractivity contribution in [3.8, 4) is 0 Å². The summed E-state index contributed by atoms with van der Waals surface area (Å²) in [6, 6.07) is 0. The standard InChI is InChI=1S/C14H23B/c1-2-6-12(7-3-1)15-13-8-4-9-14(15)11-5-10-13/h1-2,12-14H,3-11H2. The van der Waals surface area contributed by atoms with Crippen molar-refractivity contribution in [2.45, 2.75) is 75.2 Å². The van der Waals surface area contributed by atoms with Gasteiger partial charge in [-0.1, -0.05) is 74.5 Å². The van der Waals surface area contributed by atoms with Gasteiger partial charge in [-0.15, -0.1) is 0 Å². The average molecular weight is 202 g/mol. The molecule has 0 aromatic rings. The minimum atomic E-state index is 1.06. The molecule has 2 fully saturated rings. The Labute approximate surface area is 94.6 Å². The molecule has 3 rings (SSSR count). The van der Waals surface area contributed by atoms with Crippen LogP contribution in [0.5, 0.6) is 0 Å². The SMILES string of the molecule is C1=CCC(B2C3CCCC2CCC3)CC1. The highest BCUT2D eigenvalue weighted by Gasteiger charge is 2.42. The summed E-state index contributed by atoms with van der Waals surface area (Å²) in [5.74, 6) is 3.30. The number of allylic oxidation sites excluding steroid dienone is 2. The minimum absolute atomic E-state index is 1.06. The number of hydrogen-bond acceptors (Lipinski definition) is 0. The lowest BCUT2D eigenvalue weighted by molar-refractivity contribution is 0.429. The molecule has 0 saturated carbocycles. The Morgan fingerprint density at radius 3 is 1.93 bits per heavy atom. The van der Waals surface area contributed by atoms with Crippen molar-refractivity contribution in [3.05, 3.63) is 12.2 Å². The Hall–Kier alpha value is -0.195. The van der Waals surface area contributed by atoms with Gasteiger partial charge in [0, 0.05) is 0 Å². The smallest absolute Gasteiger partial charge is 0.0889 e. The molecule has 0 radical (unpaired) electrons. The molecule has 2 aliphatic heterocycles. The van der Waals surface area contributed by atoms with Gasteiger partial charge in [0.2, 0.25) is 0 Å². The molecule has 0 N–H and O–H groups in total. The highest BCUT2D eigenvalue weighted by atomic mass is 14.3. The molecule has 0 aromatic heterocycles. The quantitative estimate of drug-likeness (QED) is 0.427. The van der Waals surface area contributed by atoms with Crippen LogP contribution in [0.2, 0.25) is 17.5 Å². The van der Waals surface area contributed by atoms with E-state index in [1.165, 1.54) is 32.1 Å². The largest absolute Gasteiger partial charge is 0.149 e. The lowest BCUT2D eigenvalue weighted by Crippen LogP contribution is -2.38. The zero-order valence-corrected chi connectivity index (χ0v) is 9.83. The van der Waals surface area contributed by atoms with Crippen molar-refractivity contribution in [2.24, 2.45) is 0 Å². The Morgan fingerprint density at radius 1 is 0.733 bits per heavy atom. The van der Waals surface area contributed by atoms with Crippen LogP contribution in [-0.2, 0) is 0 Å². The van der Waals surface area contributed by atoms with Crippen LogP contribution in [0.1, 0.15) is 57.8 Å². The van der Waals surface area contributed by atoms with E-state index in [9.17, 15) is 0 Å². The Morgan fingerprint density at radius 2 is 1.40 bits per heavy atom. The van der Waals surface area contributed by atoms with Gasteiger partial charge >= 0.3 is 0 Å². The van der Waals surface area contributed by atoms with Crippen LogP contribution >= 0.6 is 0 Å². The fraction of sp³-hybridized carbons (Fsp3) is 0.857. The molecule has 0 spiro atoms. The predicted molar refractivity (Wildman–Crippen MR) is 67.7 cm³/mol. The molecule has 3 aliphatic rings. The van der Waals surface area contributed by atoms with E-state index in [0.29, 0.717) is 0 Å². The third-order valence-electron chi connectivity index (χ3n) is 5.24. The molecule has 15 heavy (non-hydrogen) atoms. The highest BCUT2D eigenvalue weighted by molar-refractivity contribution is 6.64. The molecule has 1 heteroatoms. The summed E-state index contributed by atoms with van der Waals surface area (Å²) in [7, 11) is 0. The maximum Gasteiger partial charge on any atom is 0.149 e. The maximum atomic E-state index is 2.46. The van der Waals surface area contributed by atoms with E-state index in [4.69, 9.17) is 0 Å². The van der Waals surface area contributed by atoms with Crippen LogP contribution < -0.4 is 0 Å². The maximum absolute atomic E-state index is 2.46. The van der Waals surface area contributed by atoms with E-state index in [1.54, 1.807) is 25.7 Å². The van der Waals surface area contributed by atoms with Crippen LogP contribution in [0.15, 0.2) is 12.2 Å². The molecule has 1 atom stereocenters. The van der Waals surface area contributed by atoms with E-state index in [0.717, 1.165) is 24.2 Å². The second-order valence-corrected chi connectivity index (χ2v) is 6.00. The number of rotatable bonds is 1. The average Bonchev–Trinajstić information content (AvgIpc) is 2.29. The monoisotopic (exact) mass is 202 g/mol. The lowest BCUT2D eigenvalue weighted by atomic mass is 9.21. The Balaban J connectivity index is 1.74. The lowest BCUT2D eigenvalue weighted by Gasteiger charge is -2.44. The fourth-order valence-corrected chi connectivity index (χ4v) is 4.66. The van der Waals surface area contributed by atoms with Crippen molar-refractivity contribution in [1.82, 2.24) is 0 Å². The molecular weight excluding hydrogens is 179 g/mol.